The summed E-state index contributed by atoms with van der Waals surface area (Å²) in [7, 11) is 0. The highest BCUT2D eigenvalue weighted by molar-refractivity contribution is 7.16. The van der Waals surface area contributed by atoms with Gasteiger partial charge in [-0.3, -0.25) is 0 Å². The molecule has 0 spiro atoms. The fourth-order valence-electron chi connectivity index (χ4n) is 7.68. The Balaban J connectivity index is 1.86. The van der Waals surface area contributed by atoms with E-state index in [9.17, 15) is 0 Å². The van der Waals surface area contributed by atoms with Crippen LogP contribution in [-0.2, 0) is 21.7 Å². The first-order chi connectivity index (χ1) is 19.3. The van der Waals surface area contributed by atoms with Crippen LogP contribution in [0.3, 0.4) is 0 Å². The molecular formula is C36H48S4. The van der Waals surface area contributed by atoms with E-state index in [0.29, 0.717) is 0 Å². The summed E-state index contributed by atoms with van der Waals surface area (Å²) in [5, 5.41) is 0. The quantitative estimate of drug-likeness (QED) is 0.187. The zero-order valence-corrected chi connectivity index (χ0v) is 29.2. The van der Waals surface area contributed by atoms with E-state index < -0.39 is 0 Å². The van der Waals surface area contributed by atoms with E-state index in [-0.39, 0.29) is 21.7 Å². The summed E-state index contributed by atoms with van der Waals surface area (Å²) in [4.78, 5) is 12.5. The van der Waals surface area contributed by atoms with Crippen molar-refractivity contribution >= 4 is 45.3 Å². The molecule has 4 heteroatoms. The molecule has 1 aliphatic heterocycles. The number of hydrogen-bond acceptors (Lipinski definition) is 4. The summed E-state index contributed by atoms with van der Waals surface area (Å²) in [6.07, 6.45) is 9.12. The minimum Gasteiger partial charge on any atom is -0.143 e. The minimum atomic E-state index is 0.0874. The first kappa shape index (κ1) is 30.3. The van der Waals surface area contributed by atoms with Gasteiger partial charge < -0.3 is 0 Å². The van der Waals surface area contributed by atoms with Gasteiger partial charge in [0.2, 0.25) is 0 Å². The lowest BCUT2D eigenvalue weighted by Crippen LogP contribution is -2.26. The molecule has 5 rings (SSSR count). The highest BCUT2D eigenvalue weighted by Crippen LogP contribution is 2.55. The van der Waals surface area contributed by atoms with Crippen LogP contribution in [0.5, 0.6) is 0 Å². The van der Waals surface area contributed by atoms with E-state index in [4.69, 9.17) is 0 Å². The fourth-order valence-corrected chi connectivity index (χ4v) is 14.7. The fraction of sp³-hybridized carbons (Fsp3) is 0.556. The molecule has 0 fully saturated rings. The van der Waals surface area contributed by atoms with Crippen LogP contribution in [0.1, 0.15) is 146 Å². The summed E-state index contributed by atoms with van der Waals surface area (Å²) in [5.74, 6) is 0. The Labute approximate surface area is 259 Å². The van der Waals surface area contributed by atoms with Crippen LogP contribution < -0.4 is 0 Å². The summed E-state index contributed by atoms with van der Waals surface area (Å²) in [6, 6.07) is 20.0. The summed E-state index contributed by atoms with van der Waals surface area (Å²) < 4.78 is 0. The van der Waals surface area contributed by atoms with Crippen LogP contribution in [-0.4, -0.2) is 0 Å². The van der Waals surface area contributed by atoms with Crippen LogP contribution >= 0.6 is 45.3 Å². The minimum absolute atomic E-state index is 0.0874. The number of hydrogen-bond donors (Lipinski definition) is 0. The molecule has 0 N–H and O–H groups in total. The largest absolute Gasteiger partial charge is 0.143 e. The molecule has 40 heavy (non-hydrogen) atoms. The summed E-state index contributed by atoms with van der Waals surface area (Å²) in [5.41, 5.74) is 0.350. The Kier molecular flexibility index (Phi) is 8.68. The average molecular weight is 609 g/mol. The van der Waals surface area contributed by atoms with Gasteiger partial charge in [0.1, 0.15) is 0 Å². The van der Waals surface area contributed by atoms with Gasteiger partial charge in [-0.1, -0.05) is 55.4 Å². The molecule has 5 heterocycles. The SMILES string of the molecule is CCC1(CC)c2ccc(s2)C(CC)(CC)c2ccc(s2)C(CC)(CC)c2ccc(s2)C(CC)(CC)c2ccc1s2. The first-order valence-corrected chi connectivity index (χ1v) is 19.0. The lowest BCUT2D eigenvalue weighted by atomic mass is 9.77. The van der Waals surface area contributed by atoms with E-state index in [1.54, 1.807) is 39.0 Å². The van der Waals surface area contributed by atoms with Crippen molar-refractivity contribution in [3.63, 3.8) is 0 Å². The van der Waals surface area contributed by atoms with Gasteiger partial charge in [0, 0.05) is 60.7 Å². The molecule has 0 atom stereocenters. The van der Waals surface area contributed by atoms with Crippen LogP contribution in [0.25, 0.3) is 0 Å². The first-order valence-electron chi connectivity index (χ1n) is 15.8. The van der Waals surface area contributed by atoms with Crippen molar-refractivity contribution in [3.8, 4) is 0 Å². The standard InChI is InChI=1S/C36H48S4/c1-9-33(10-2)25-17-19-27(37-25)34(11-3,12-4)29-21-23-31(39-29)36(15-7,16-8)32-24-22-30(40-32)35(13-5,14-6)28-20-18-26(33)38-28/h17-24H,9-16H2,1-8H3. The van der Waals surface area contributed by atoms with Crippen LogP contribution in [0, 0.1) is 0 Å². The lowest BCUT2D eigenvalue weighted by molar-refractivity contribution is 0.493. The van der Waals surface area contributed by atoms with Gasteiger partial charge in [-0.05, 0) is 99.9 Å². The molecular weight excluding hydrogens is 561 g/mol. The van der Waals surface area contributed by atoms with Crippen LogP contribution in [0.4, 0.5) is 0 Å². The zero-order valence-electron chi connectivity index (χ0n) is 25.9. The van der Waals surface area contributed by atoms with Crippen molar-refractivity contribution in [3.05, 3.63) is 87.5 Å². The Morgan fingerprint density at radius 1 is 0.300 bits per heavy atom. The molecule has 4 aromatic rings. The van der Waals surface area contributed by atoms with Gasteiger partial charge in [-0.2, -0.15) is 0 Å². The molecule has 8 bridgehead atoms. The molecule has 0 amide bonds. The average Bonchev–Trinajstić information content (AvgIpc) is 3.81. The van der Waals surface area contributed by atoms with Gasteiger partial charge >= 0.3 is 0 Å². The normalized spacial score (nSPS) is 18.6. The Hall–Kier alpha value is -1.20. The van der Waals surface area contributed by atoms with Gasteiger partial charge in [0.05, 0.1) is 0 Å². The van der Waals surface area contributed by atoms with Gasteiger partial charge in [-0.25, -0.2) is 0 Å². The van der Waals surface area contributed by atoms with E-state index in [2.05, 4.69) is 149 Å². The summed E-state index contributed by atoms with van der Waals surface area (Å²) in [6.45, 7) is 19.3. The smallest absolute Gasteiger partial charge is 0.0385 e. The molecule has 1 aliphatic rings. The second kappa shape index (κ2) is 11.5. The van der Waals surface area contributed by atoms with E-state index >= 15 is 0 Å². The van der Waals surface area contributed by atoms with Crippen LogP contribution in [0.2, 0.25) is 0 Å². The second-order valence-corrected chi connectivity index (χ2v) is 16.1. The molecule has 0 nitrogen and oxygen atoms in total. The maximum Gasteiger partial charge on any atom is 0.0385 e. The van der Waals surface area contributed by atoms with Crippen LogP contribution in [0.15, 0.2) is 48.5 Å². The maximum atomic E-state index is 2.50. The van der Waals surface area contributed by atoms with Crippen molar-refractivity contribution in [1.82, 2.24) is 0 Å². The summed E-state index contributed by atoms with van der Waals surface area (Å²) >= 11 is 8.44. The molecule has 0 radical (unpaired) electrons. The molecule has 4 aromatic heterocycles. The number of rotatable bonds is 8. The highest BCUT2D eigenvalue weighted by atomic mass is 32.1. The van der Waals surface area contributed by atoms with Gasteiger partial charge in [0.15, 0.2) is 0 Å². The zero-order chi connectivity index (χ0) is 28.8. The van der Waals surface area contributed by atoms with Crippen molar-refractivity contribution < 1.29 is 0 Å². The molecule has 0 unspecified atom stereocenters. The Morgan fingerprint density at radius 3 is 0.525 bits per heavy atom. The van der Waals surface area contributed by atoms with Crippen molar-refractivity contribution in [2.24, 2.45) is 0 Å². The van der Waals surface area contributed by atoms with Crippen molar-refractivity contribution in [2.75, 3.05) is 0 Å². The topological polar surface area (TPSA) is 0 Å². The van der Waals surface area contributed by atoms with E-state index in [1.165, 1.54) is 0 Å². The maximum absolute atomic E-state index is 2.50. The molecule has 0 aromatic carbocycles. The van der Waals surface area contributed by atoms with Crippen molar-refractivity contribution in [2.45, 2.75) is 128 Å². The van der Waals surface area contributed by atoms with Gasteiger partial charge in [-0.15, -0.1) is 45.3 Å². The molecule has 0 saturated heterocycles. The monoisotopic (exact) mass is 608 g/mol. The number of fused-ring (bicyclic) bond motifs is 8. The predicted octanol–water partition coefficient (Wildman–Crippen LogP) is 12.7. The van der Waals surface area contributed by atoms with Gasteiger partial charge in [0.25, 0.3) is 0 Å². The molecule has 0 aliphatic carbocycles. The third-order valence-corrected chi connectivity index (χ3v) is 17.0. The lowest BCUT2D eigenvalue weighted by Gasteiger charge is -2.34. The number of thiophene rings is 4. The molecule has 216 valence electrons. The van der Waals surface area contributed by atoms with Crippen molar-refractivity contribution in [1.29, 1.82) is 0 Å². The third kappa shape index (κ3) is 4.13. The predicted molar refractivity (Wildman–Crippen MR) is 183 cm³/mol. The van der Waals surface area contributed by atoms with E-state index in [0.717, 1.165) is 51.4 Å². The highest BCUT2D eigenvalue weighted by Gasteiger charge is 2.43. The second-order valence-electron chi connectivity index (χ2n) is 11.8. The van der Waals surface area contributed by atoms with E-state index in [1.807, 2.05) is 0 Å². The Morgan fingerprint density at radius 2 is 0.425 bits per heavy atom. The third-order valence-electron chi connectivity index (χ3n) is 11.0. The Bertz CT molecular complexity index is 1110. The molecule has 0 saturated carbocycles.